The van der Waals surface area contributed by atoms with Crippen molar-refractivity contribution in [3.63, 3.8) is 0 Å². The number of benzene rings is 1. The van der Waals surface area contributed by atoms with Gasteiger partial charge >= 0.3 is 0 Å². The lowest BCUT2D eigenvalue weighted by molar-refractivity contribution is 0.446. The van der Waals surface area contributed by atoms with Gasteiger partial charge in [0.1, 0.15) is 5.75 Å². The van der Waals surface area contributed by atoms with Crippen LogP contribution in [-0.4, -0.2) is 5.11 Å². The van der Waals surface area contributed by atoms with Crippen LogP contribution in [0, 0.1) is 5.92 Å². The van der Waals surface area contributed by atoms with Gasteiger partial charge in [0.25, 0.3) is 0 Å². The number of rotatable bonds is 3. The average Bonchev–Trinajstić information content (AvgIpc) is 2.19. The minimum absolute atomic E-state index is 0.0264. The van der Waals surface area contributed by atoms with E-state index >= 15 is 0 Å². The summed E-state index contributed by atoms with van der Waals surface area (Å²) in [5.41, 5.74) is 7.05. The van der Waals surface area contributed by atoms with Crippen LogP contribution in [0.1, 0.15) is 31.9 Å². The van der Waals surface area contributed by atoms with Crippen LogP contribution in [0.25, 0.3) is 0 Å². The Balaban J connectivity index is 2.99. The summed E-state index contributed by atoms with van der Waals surface area (Å²) in [6.45, 7) is 4.22. The van der Waals surface area contributed by atoms with Gasteiger partial charge in [0.2, 0.25) is 0 Å². The van der Waals surface area contributed by atoms with Crippen LogP contribution in [0.3, 0.4) is 0 Å². The molecule has 1 unspecified atom stereocenters. The maximum absolute atomic E-state index is 9.36. The molecular weight excluding hydrogens is 242 g/mol. The Labute approximate surface area is 93.3 Å². The van der Waals surface area contributed by atoms with E-state index in [0.29, 0.717) is 5.92 Å². The minimum atomic E-state index is -0.0264. The molecule has 0 radical (unpaired) electrons. The zero-order chi connectivity index (χ0) is 10.7. The zero-order valence-corrected chi connectivity index (χ0v) is 10.1. The van der Waals surface area contributed by atoms with Crippen molar-refractivity contribution in [2.24, 2.45) is 11.7 Å². The fraction of sp³-hybridized carbons (Fsp3) is 0.455. The molecule has 0 aromatic heterocycles. The van der Waals surface area contributed by atoms with E-state index < -0.39 is 0 Å². The molecule has 3 heteroatoms. The summed E-state index contributed by atoms with van der Waals surface area (Å²) in [6, 6.07) is 5.17. The summed E-state index contributed by atoms with van der Waals surface area (Å²) in [6.07, 6.45) is 1.03. The van der Waals surface area contributed by atoms with Crippen LogP contribution < -0.4 is 5.73 Å². The smallest absolute Gasteiger partial charge is 0.115 e. The van der Waals surface area contributed by atoms with E-state index in [1.54, 1.807) is 12.1 Å². The predicted molar refractivity (Wildman–Crippen MR) is 62.2 cm³/mol. The largest absolute Gasteiger partial charge is 0.508 e. The SMILES string of the molecule is CCC(C)[C@@H](N)c1cc(O)ccc1Br. The molecule has 1 aromatic rings. The molecule has 0 amide bonds. The highest BCUT2D eigenvalue weighted by atomic mass is 79.9. The summed E-state index contributed by atoms with van der Waals surface area (Å²) in [5, 5.41) is 9.36. The van der Waals surface area contributed by atoms with Crippen LogP contribution in [-0.2, 0) is 0 Å². The first-order chi connectivity index (χ1) is 6.56. The number of hydrogen-bond donors (Lipinski definition) is 2. The van der Waals surface area contributed by atoms with Gasteiger partial charge in [0.05, 0.1) is 0 Å². The van der Waals surface area contributed by atoms with E-state index in [4.69, 9.17) is 5.73 Å². The van der Waals surface area contributed by atoms with Crippen molar-refractivity contribution in [2.45, 2.75) is 26.3 Å². The third-order valence-electron chi connectivity index (χ3n) is 2.60. The second kappa shape index (κ2) is 4.80. The lowest BCUT2D eigenvalue weighted by atomic mass is 9.93. The summed E-state index contributed by atoms with van der Waals surface area (Å²) in [7, 11) is 0. The van der Waals surface area contributed by atoms with Crippen molar-refractivity contribution in [1.82, 2.24) is 0 Å². The Morgan fingerprint density at radius 2 is 2.14 bits per heavy atom. The standard InChI is InChI=1S/C11H16BrNO/c1-3-7(2)11(13)9-6-8(14)4-5-10(9)12/h4-7,11,14H,3,13H2,1-2H3/t7?,11-/m1/s1. The molecule has 2 nitrogen and oxygen atoms in total. The second-order valence-corrected chi connectivity index (χ2v) is 4.47. The summed E-state index contributed by atoms with van der Waals surface area (Å²) in [5.74, 6) is 0.676. The Morgan fingerprint density at radius 1 is 1.50 bits per heavy atom. The Morgan fingerprint density at radius 3 is 2.71 bits per heavy atom. The number of phenolic OH excluding ortho intramolecular Hbond substituents is 1. The fourth-order valence-corrected chi connectivity index (χ4v) is 1.86. The highest BCUT2D eigenvalue weighted by molar-refractivity contribution is 9.10. The van der Waals surface area contributed by atoms with E-state index in [2.05, 4.69) is 29.8 Å². The molecular formula is C11H16BrNO. The van der Waals surface area contributed by atoms with Gasteiger partial charge < -0.3 is 10.8 Å². The molecule has 0 aliphatic heterocycles. The van der Waals surface area contributed by atoms with E-state index in [9.17, 15) is 5.11 Å². The highest BCUT2D eigenvalue weighted by Gasteiger charge is 2.16. The topological polar surface area (TPSA) is 46.2 Å². The molecule has 0 saturated heterocycles. The van der Waals surface area contributed by atoms with Gasteiger partial charge in [0, 0.05) is 10.5 Å². The Hall–Kier alpha value is -0.540. The number of halogens is 1. The molecule has 1 rings (SSSR count). The van der Waals surface area contributed by atoms with Gasteiger partial charge in [0.15, 0.2) is 0 Å². The van der Waals surface area contributed by atoms with Crippen molar-refractivity contribution in [1.29, 1.82) is 0 Å². The maximum Gasteiger partial charge on any atom is 0.115 e. The average molecular weight is 258 g/mol. The van der Waals surface area contributed by atoms with Crippen molar-refractivity contribution >= 4 is 15.9 Å². The predicted octanol–water partition coefficient (Wildman–Crippen LogP) is 3.20. The number of phenols is 1. The molecule has 1 aromatic carbocycles. The third kappa shape index (κ3) is 2.49. The number of aromatic hydroxyl groups is 1. The van der Waals surface area contributed by atoms with Crippen LogP contribution in [0.4, 0.5) is 0 Å². The fourth-order valence-electron chi connectivity index (χ4n) is 1.35. The molecule has 14 heavy (non-hydrogen) atoms. The van der Waals surface area contributed by atoms with Crippen LogP contribution in [0.5, 0.6) is 5.75 Å². The minimum Gasteiger partial charge on any atom is -0.508 e. The van der Waals surface area contributed by atoms with Crippen LogP contribution >= 0.6 is 15.9 Å². The molecule has 0 saturated carbocycles. The second-order valence-electron chi connectivity index (χ2n) is 3.62. The molecule has 2 atom stereocenters. The lowest BCUT2D eigenvalue weighted by Crippen LogP contribution is -2.18. The van der Waals surface area contributed by atoms with Crippen LogP contribution in [0.2, 0.25) is 0 Å². The van der Waals surface area contributed by atoms with Gasteiger partial charge in [-0.25, -0.2) is 0 Å². The zero-order valence-electron chi connectivity index (χ0n) is 8.50. The molecule has 78 valence electrons. The van der Waals surface area contributed by atoms with Crippen molar-refractivity contribution < 1.29 is 5.11 Å². The molecule has 0 aliphatic rings. The summed E-state index contributed by atoms with van der Waals surface area (Å²) < 4.78 is 0.961. The van der Waals surface area contributed by atoms with E-state index in [-0.39, 0.29) is 11.8 Å². The van der Waals surface area contributed by atoms with Crippen LogP contribution in [0.15, 0.2) is 22.7 Å². The first-order valence-electron chi connectivity index (χ1n) is 4.80. The van der Waals surface area contributed by atoms with E-state index in [1.165, 1.54) is 0 Å². The molecule has 0 heterocycles. The van der Waals surface area contributed by atoms with Crippen molar-refractivity contribution in [2.75, 3.05) is 0 Å². The normalized spacial score (nSPS) is 15.1. The molecule has 0 bridgehead atoms. The van der Waals surface area contributed by atoms with Gasteiger partial charge in [-0.1, -0.05) is 36.2 Å². The molecule has 0 fully saturated rings. The quantitative estimate of drug-likeness (QED) is 0.874. The number of nitrogens with two attached hydrogens (primary N) is 1. The van der Waals surface area contributed by atoms with Crippen molar-refractivity contribution in [3.8, 4) is 5.75 Å². The maximum atomic E-state index is 9.36. The number of hydrogen-bond acceptors (Lipinski definition) is 2. The first kappa shape index (κ1) is 11.5. The summed E-state index contributed by atoms with van der Waals surface area (Å²) in [4.78, 5) is 0. The third-order valence-corrected chi connectivity index (χ3v) is 3.32. The first-order valence-corrected chi connectivity index (χ1v) is 5.59. The molecule has 0 aliphatic carbocycles. The van der Waals surface area contributed by atoms with E-state index in [1.807, 2.05) is 6.07 Å². The van der Waals surface area contributed by atoms with E-state index in [0.717, 1.165) is 16.5 Å². The van der Waals surface area contributed by atoms with Gasteiger partial charge in [-0.15, -0.1) is 0 Å². The van der Waals surface area contributed by atoms with Gasteiger partial charge in [-0.3, -0.25) is 0 Å². The Bertz CT molecular complexity index is 314. The highest BCUT2D eigenvalue weighted by Crippen LogP contribution is 2.30. The van der Waals surface area contributed by atoms with Gasteiger partial charge in [-0.05, 0) is 29.7 Å². The van der Waals surface area contributed by atoms with Crippen molar-refractivity contribution in [3.05, 3.63) is 28.2 Å². The lowest BCUT2D eigenvalue weighted by Gasteiger charge is -2.20. The monoisotopic (exact) mass is 257 g/mol. The van der Waals surface area contributed by atoms with Gasteiger partial charge in [-0.2, -0.15) is 0 Å². The summed E-state index contributed by atoms with van der Waals surface area (Å²) >= 11 is 3.44. The molecule has 3 N–H and O–H groups in total. The molecule has 0 spiro atoms. The Kier molecular flexibility index (Phi) is 3.96.